The highest BCUT2D eigenvalue weighted by atomic mass is 19.1. The van der Waals surface area contributed by atoms with Crippen molar-refractivity contribution in [1.29, 1.82) is 5.26 Å². The summed E-state index contributed by atoms with van der Waals surface area (Å²) in [4.78, 5) is 4.04. The lowest BCUT2D eigenvalue weighted by Crippen LogP contribution is -1.98. The first-order valence-electron chi connectivity index (χ1n) is 6.79. The van der Waals surface area contributed by atoms with Crippen molar-refractivity contribution in [3.05, 3.63) is 65.8 Å². The van der Waals surface area contributed by atoms with Gasteiger partial charge in [-0.3, -0.25) is 0 Å². The summed E-state index contributed by atoms with van der Waals surface area (Å²) in [6, 6.07) is 11.1. The number of nitriles is 1. The molecule has 3 rings (SSSR count). The molecule has 6 nitrogen and oxygen atoms in total. The predicted octanol–water partition coefficient (Wildman–Crippen LogP) is 3.47. The fourth-order valence-corrected chi connectivity index (χ4v) is 1.88. The Labute approximate surface area is 131 Å². The van der Waals surface area contributed by atoms with Gasteiger partial charge in [-0.2, -0.15) is 10.2 Å². The first-order valence-corrected chi connectivity index (χ1v) is 6.79. The Balaban J connectivity index is 1.64. The number of halogens is 1. The largest absolute Gasteiger partial charge is 0.484 e. The smallest absolute Gasteiger partial charge is 0.236 e. The van der Waals surface area contributed by atoms with E-state index in [0.717, 1.165) is 0 Å². The Morgan fingerprint density at radius 3 is 2.78 bits per heavy atom. The van der Waals surface area contributed by atoms with Crippen LogP contribution in [0, 0.1) is 17.1 Å². The normalized spacial score (nSPS) is 10.3. The molecule has 0 saturated heterocycles. The maximum atomic E-state index is 12.8. The second kappa shape index (κ2) is 6.66. The van der Waals surface area contributed by atoms with E-state index in [0.29, 0.717) is 18.1 Å². The number of anilines is 1. The van der Waals surface area contributed by atoms with Crippen LogP contribution in [0.4, 0.5) is 10.3 Å². The van der Waals surface area contributed by atoms with E-state index in [2.05, 4.69) is 10.3 Å². The van der Waals surface area contributed by atoms with Crippen molar-refractivity contribution >= 4 is 5.88 Å². The number of ether oxygens (including phenoxy) is 1. The maximum absolute atomic E-state index is 12.8. The highest BCUT2D eigenvalue weighted by Crippen LogP contribution is 2.19. The minimum atomic E-state index is -0.343. The van der Waals surface area contributed by atoms with Gasteiger partial charge in [-0.05, 0) is 36.4 Å². The molecule has 0 unspecified atom stereocenters. The Bertz CT molecular complexity index is 804. The first-order chi connectivity index (χ1) is 11.2. The average molecular weight is 313 g/mol. The zero-order valence-electron chi connectivity index (χ0n) is 12.0. The number of oxazole rings is 1. The molecule has 0 aliphatic carbocycles. The number of hydrogen-bond donors (Lipinski definition) is 1. The van der Waals surface area contributed by atoms with Crippen LogP contribution >= 0.6 is 0 Å². The lowest BCUT2D eigenvalue weighted by atomic mass is 10.3. The zero-order chi connectivity index (χ0) is 16.1. The number of aromatic nitrogens is 1. The molecule has 1 aromatic carbocycles. The van der Waals surface area contributed by atoms with Crippen LogP contribution in [0.5, 0.6) is 5.75 Å². The van der Waals surface area contributed by atoms with Gasteiger partial charge < -0.3 is 18.9 Å². The van der Waals surface area contributed by atoms with Gasteiger partial charge in [0.2, 0.25) is 17.5 Å². The Morgan fingerprint density at radius 2 is 2.09 bits per heavy atom. The molecule has 0 amide bonds. The van der Waals surface area contributed by atoms with E-state index in [-0.39, 0.29) is 29.9 Å². The van der Waals surface area contributed by atoms with E-state index in [9.17, 15) is 4.39 Å². The quantitative estimate of drug-likeness (QED) is 0.750. The number of benzene rings is 1. The second-order valence-electron chi connectivity index (χ2n) is 4.57. The molecule has 2 heterocycles. The molecule has 116 valence electrons. The Morgan fingerprint density at radius 1 is 1.26 bits per heavy atom. The van der Waals surface area contributed by atoms with Crippen LogP contribution in [0.25, 0.3) is 0 Å². The molecule has 0 aliphatic heterocycles. The Kier molecular flexibility index (Phi) is 4.25. The maximum Gasteiger partial charge on any atom is 0.236 e. The minimum Gasteiger partial charge on any atom is -0.484 e. The minimum absolute atomic E-state index is 0.0305. The molecule has 0 bridgehead atoms. The summed E-state index contributed by atoms with van der Waals surface area (Å²) in [5, 5.41) is 12.0. The van der Waals surface area contributed by atoms with Crippen molar-refractivity contribution in [3.63, 3.8) is 0 Å². The highest BCUT2D eigenvalue weighted by Gasteiger charge is 2.13. The summed E-state index contributed by atoms with van der Waals surface area (Å²) >= 11 is 0. The van der Waals surface area contributed by atoms with Gasteiger partial charge in [-0.25, -0.2) is 4.39 Å². The number of nitrogens with zero attached hydrogens (tertiary/aromatic N) is 2. The summed E-state index contributed by atoms with van der Waals surface area (Å²) < 4.78 is 28.9. The van der Waals surface area contributed by atoms with Gasteiger partial charge in [0.05, 0.1) is 12.8 Å². The SMILES string of the molecule is N#Cc1nc(COc2ccc(F)cc2)oc1NCc1ccco1. The number of hydrogen-bond acceptors (Lipinski definition) is 6. The van der Waals surface area contributed by atoms with Gasteiger partial charge in [0.25, 0.3) is 0 Å². The summed E-state index contributed by atoms with van der Waals surface area (Å²) in [6.07, 6.45) is 1.56. The van der Waals surface area contributed by atoms with E-state index in [1.165, 1.54) is 24.3 Å². The molecular weight excluding hydrogens is 301 g/mol. The second-order valence-corrected chi connectivity index (χ2v) is 4.57. The lowest BCUT2D eigenvalue weighted by molar-refractivity contribution is 0.264. The van der Waals surface area contributed by atoms with Crippen LogP contribution < -0.4 is 10.1 Å². The molecule has 0 fully saturated rings. The van der Waals surface area contributed by atoms with Gasteiger partial charge >= 0.3 is 0 Å². The van der Waals surface area contributed by atoms with Crippen LogP contribution in [0.1, 0.15) is 17.3 Å². The van der Waals surface area contributed by atoms with E-state index in [1.807, 2.05) is 6.07 Å². The molecule has 1 N–H and O–H groups in total. The monoisotopic (exact) mass is 313 g/mol. The highest BCUT2D eigenvalue weighted by molar-refractivity contribution is 5.45. The zero-order valence-corrected chi connectivity index (χ0v) is 12.0. The number of rotatable bonds is 6. The summed E-state index contributed by atoms with van der Waals surface area (Å²) in [5.74, 6) is 1.33. The third kappa shape index (κ3) is 3.68. The predicted molar refractivity (Wildman–Crippen MR) is 78.0 cm³/mol. The van der Waals surface area contributed by atoms with Gasteiger partial charge in [-0.1, -0.05) is 0 Å². The Hall–Kier alpha value is -3.27. The van der Waals surface area contributed by atoms with Crippen molar-refractivity contribution < 1.29 is 18.0 Å². The van der Waals surface area contributed by atoms with Gasteiger partial charge in [0, 0.05) is 0 Å². The first kappa shape index (κ1) is 14.7. The van der Waals surface area contributed by atoms with Crippen LogP contribution in [0.2, 0.25) is 0 Å². The van der Waals surface area contributed by atoms with Gasteiger partial charge in [0.15, 0.2) is 6.61 Å². The lowest BCUT2D eigenvalue weighted by Gasteiger charge is -2.03. The number of nitrogens with one attached hydrogen (secondary N) is 1. The third-order valence-corrected chi connectivity index (χ3v) is 2.96. The van der Waals surface area contributed by atoms with Gasteiger partial charge in [-0.15, -0.1) is 0 Å². The molecule has 0 radical (unpaired) electrons. The summed E-state index contributed by atoms with van der Waals surface area (Å²) in [7, 11) is 0. The van der Waals surface area contributed by atoms with Gasteiger partial charge in [0.1, 0.15) is 23.4 Å². The van der Waals surface area contributed by atoms with E-state index >= 15 is 0 Å². The molecular formula is C16H12FN3O3. The molecule has 0 atom stereocenters. The van der Waals surface area contributed by atoms with Crippen molar-refractivity contribution in [2.24, 2.45) is 0 Å². The molecule has 0 saturated carbocycles. The average Bonchev–Trinajstić information content (AvgIpc) is 3.21. The molecule has 7 heteroatoms. The molecule has 0 spiro atoms. The van der Waals surface area contributed by atoms with Crippen LogP contribution in [-0.4, -0.2) is 4.98 Å². The van der Waals surface area contributed by atoms with Crippen molar-refractivity contribution in [1.82, 2.24) is 4.98 Å². The van der Waals surface area contributed by atoms with E-state index in [4.69, 9.17) is 18.8 Å². The van der Waals surface area contributed by atoms with Crippen LogP contribution in [0.3, 0.4) is 0 Å². The summed E-state index contributed by atoms with van der Waals surface area (Å²) in [5.41, 5.74) is 0.134. The molecule has 23 heavy (non-hydrogen) atoms. The molecule has 3 aromatic rings. The van der Waals surface area contributed by atoms with Crippen LogP contribution in [-0.2, 0) is 13.2 Å². The topological polar surface area (TPSA) is 84.2 Å². The number of furan rings is 1. The third-order valence-electron chi connectivity index (χ3n) is 2.96. The fourth-order valence-electron chi connectivity index (χ4n) is 1.88. The summed E-state index contributed by atoms with van der Waals surface area (Å²) in [6.45, 7) is 0.401. The van der Waals surface area contributed by atoms with Crippen LogP contribution in [0.15, 0.2) is 51.5 Å². The molecule has 0 aliphatic rings. The standard InChI is InChI=1S/C16H12FN3O3/c17-11-3-5-12(6-4-11)22-10-15-20-14(8-18)16(23-15)19-9-13-2-1-7-21-13/h1-7,19H,9-10H2. The van der Waals surface area contributed by atoms with Crippen molar-refractivity contribution in [3.8, 4) is 11.8 Å². The van der Waals surface area contributed by atoms with Crippen molar-refractivity contribution in [2.75, 3.05) is 5.32 Å². The van der Waals surface area contributed by atoms with E-state index < -0.39 is 0 Å². The van der Waals surface area contributed by atoms with Crippen molar-refractivity contribution in [2.45, 2.75) is 13.2 Å². The molecule has 2 aromatic heterocycles. The fraction of sp³-hybridized carbons (Fsp3) is 0.125. The van der Waals surface area contributed by atoms with E-state index in [1.54, 1.807) is 18.4 Å².